The second kappa shape index (κ2) is 7.40. The molecule has 0 aromatic carbocycles. The van der Waals surface area contributed by atoms with Crippen LogP contribution in [0.25, 0.3) is 10.2 Å². The zero-order chi connectivity index (χ0) is 16.1. The molecule has 0 fully saturated rings. The van der Waals surface area contributed by atoms with E-state index in [4.69, 9.17) is 4.74 Å². The molecule has 1 amide bonds. The molecule has 0 spiro atoms. The highest BCUT2D eigenvalue weighted by Crippen LogP contribution is 2.32. The minimum Gasteiger partial charge on any atom is -0.449 e. The van der Waals surface area contributed by atoms with Crippen molar-refractivity contribution >= 4 is 27.6 Å². The lowest BCUT2D eigenvalue weighted by Gasteiger charge is -2.26. The summed E-state index contributed by atoms with van der Waals surface area (Å²) >= 11 is 1.54. The molecule has 0 atom stereocenters. The van der Waals surface area contributed by atoms with Crippen molar-refractivity contribution in [2.24, 2.45) is 0 Å². The number of hydrogen-bond donors (Lipinski definition) is 1. The smallest absolute Gasteiger partial charge is 0.410 e. The van der Waals surface area contributed by atoms with Crippen molar-refractivity contribution in [1.29, 1.82) is 0 Å². The Morgan fingerprint density at radius 2 is 2.27 bits per heavy atom. The van der Waals surface area contributed by atoms with Crippen molar-refractivity contribution in [2.45, 2.75) is 40.2 Å². The highest BCUT2D eigenvalue weighted by atomic mass is 32.1. The molecule has 6 nitrogen and oxygen atoms in total. The monoisotopic (exact) mass is 323 g/mol. The van der Waals surface area contributed by atoms with Gasteiger partial charge in [0.1, 0.15) is 4.83 Å². The molecule has 2 aromatic heterocycles. The lowest BCUT2D eigenvalue weighted by Crippen LogP contribution is -2.36. The SMILES string of the molecule is CC.CCCOC(=O)N1CCc2sc3nc[nH]c(=O)c3c2C1. The maximum atomic E-state index is 11.9. The van der Waals surface area contributed by atoms with Crippen LogP contribution in [0.5, 0.6) is 0 Å². The Morgan fingerprint density at radius 3 is 3.00 bits per heavy atom. The number of rotatable bonds is 2. The highest BCUT2D eigenvalue weighted by Gasteiger charge is 2.26. The summed E-state index contributed by atoms with van der Waals surface area (Å²) in [4.78, 5) is 34.2. The van der Waals surface area contributed by atoms with Crippen molar-refractivity contribution in [3.8, 4) is 0 Å². The van der Waals surface area contributed by atoms with Crippen LogP contribution in [0.1, 0.15) is 37.6 Å². The van der Waals surface area contributed by atoms with Gasteiger partial charge < -0.3 is 14.6 Å². The Kier molecular flexibility index (Phi) is 5.54. The Labute approximate surface area is 133 Å². The zero-order valence-electron chi connectivity index (χ0n) is 13.1. The van der Waals surface area contributed by atoms with Gasteiger partial charge >= 0.3 is 6.09 Å². The fourth-order valence-corrected chi connectivity index (χ4v) is 3.50. The summed E-state index contributed by atoms with van der Waals surface area (Å²) < 4.78 is 5.15. The number of hydrogen-bond acceptors (Lipinski definition) is 5. The molecule has 22 heavy (non-hydrogen) atoms. The number of nitrogens with zero attached hydrogens (tertiary/aromatic N) is 2. The molecule has 0 bridgehead atoms. The first kappa shape index (κ1) is 16.5. The number of aromatic amines is 1. The number of ether oxygens (including phenoxy) is 1. The summed E-state index contributed by atoms with van der Waals surface area (Å²) in [6.07, 6.45) is 2.66. The van der Waals surface area contributed by atoms with Crippen molar-refractivity contribution in [3.63, 3.8) is 0 Å². The molecule has 1 aliphatic heterocycles. The van der Waals surface area contributed by atoms with E-state index in [1.807, 2.05) is 20.8 Å². The predicted octanol–water partition coefficient (Wildman–Crippen LogP) is 2.92. The van der Waals surface area contributed by atoms with E-state index >= 15 is 0 Å². The van der Waals surface area contributed by atoms with Crippen LogP contribution in [-0.4, -0.2) is 34.1 Å². The molecular weight excluding hydrogens is 302 g/mol. The summed E-state index contributed by atoms with van der Waals surface area (Å²) in [6.45, 7) is 7.43. The third-order valence-corrected chi connectivity index (χ3v) is 4.52. The van der Waals surface area contributed by atoms with Gasteiger partial charge in [-0.15, -0.1) is 11.3 Å². The van der Waals surface area contributed by atoms with Gasteiger partial charge in [0.05, 0.1) is 24.9 Å². The van der Waals surface area contributed by atoms with Crippen molar-refractivity contribution in [1.82, 2.24) is 14.9 Å². The number of thiophene rings is 1. The second-order valence-electron chi connectivity index (χ2n) is 4.70. The van der Waals surface area contributed by atoms with E-state index in [0.29, 0.717) is 25.1 Å². The standard InChI is InChI=1S/C13H15N3O3S.C2H6/c1-2-5-19-13(18)16-4-3-9-8(6-16)10-11(17)14-7-15-12(10)20-9;1-2/h7H,2-6H2,1H3,(H,14,15,17);1-2H3. The van der Waals surface area contributed by atoms with E-state index in [2.05, 4.69) is 9.97 Å². The number of aromatic nitrogens is 2. The third kappa shape index (κ3) is 3.14. The van der Waals surface area contributed by atoms with E-state index in [-0.39, 0.29) is 11.7 Å². The largest absolute Gasteiger partial charge is 0.449 e. The summed E-state index contributed by atoms with van der Waals surface area (Å²) in [5.41, 5.74) is 0.773. The van der Waals surface area contributed by atoms with Gasteiger partial charge in [-0.25, -0.2) is 9.78 Å². The number of carbonyl (C=O) groups excluding carboxylic acids is 1. The van der Waals surface area contributed by atoms with Gasteiger partial charge in [-0.3, -0.25) is 4.79 Å². The molecule has 0 saturated carbocycles. The quantitative estimate of drug-likeness (QED) is 0.922. The fraction of sp³-hybridized carbons (Fsp3) is 0.533. The summed E-state index contributed by atoms with van der Waals surface area (Å²) in [5.74, 6) is 0. The van der Waals surface area contributed by atoms with Gasteiger partial charge in [-0.2, -0.15) is 0 Å². The van der Waals surface area contributed by atoms with Crippen molar-refractivity contribution in [3.05, 3.63) is 27.1 Å². The molecule has 1 aliphatic rings. The van der Waals surface area contributed by atoms with E-state index in [1.54, 1.807) is 4.90 Å². The number of fused-ring (bicyclic) bond motifs is 3. The second-order valence-corrected chi connectivity index (χ2v) is 5.79. The highest BCUT2D eigenvalue weighted by molar-refractivity contribution is 7.18. The summed E-state index contributed by atoms with van der Waals surface area (Å²) in [6, 6.07) is 0. The zero-order valence-corrected chi connectivity index (χ0v) is 14.0. The molecule has 2 aromatic rings. The number of carbonyl (C=O) groups is 1. The molecule has 1 N–H and O–H groups in total. The molecule has 120 valence electrons. The Hall–Kier alpha value is -1.89. The van der Waals surface area contributed by atoms with Crippen molar-refractivity contribution < 1.29 is 9.53 Å². The molecule has 0 radical (unpaired) electrons. The maximum absolute atomic E-state index is 11.9. The van der Waals surface area contributed by atoms with Crippen LogP contribution < -0.4 is 5.56 Å². The van der Waals surface area contributed by atoms with Gasteiger partial charge in [0, 0.05) is 17.0 Å². The number of H-pyrrole nitrogens is 1. The van der Waals surface area contributed by atoms with Crippen LogP contribution in [0, 0.1) is 0 Å². The maximum Gasteiger partial charge on any atom is 0.410 e. The summed E-state index contributed by atoms with van der Waals surface area (Å²) in [5, 5.41) is 0.612. The van der Waals surface area contributed by atoms with Crippen LogP contribution in [0.15, 0.2) is 11.1 Å². The Bertz CT molecular complexity index is 708. The molecule has 7 heteroatoms. The predicted molar refractivity (Wildman–Crippen MR) is 87.3 cm³/mol. The molecule has 0 saturated heterocycles. The first-order chi connectivity index (χ1) is 10.7. The van der Waals surface area contributed by atoms with Gasteiger partial charge in [-0.1, -0.05) is 20.8 Å². The normalized spacial score (nSPS) is 13.3. The molecule has 3 rings (SSSR count). The average Bonchev–Trinajstić information content (AvgIpc) is 2.93. The van der Waals surface area contributed by atoms with Gasteiger partial charge in [0.2, 0.25) is 0 Å². The Balaban J connectivity index is 0.000000847. The molecule has 0 unspecified atom stereocenters. The Morgan fingerprint density at radius 1 is 1.50 bits per heavy atom. The van der Waals surface area contributed by atoms with E-state index in [9.17, 15) is 9.59 Å². The minimum atomic E-state index is -0.308. The average molecular weight is 323 g/mol. The van der Waals surface area contributed by atoms with E-state index in [0.717, 1.165) is 28.1 Å². The van der Waals surface area contributed by atoms with E-state index < -0.39 is 0 Å². The first-order valence-corrected chi connectivity index (χ1v) is 8.42. The summed E-state index contributed by atoms with van der Waals surface area (Å²) in [7, 11) is 0. The number of nitrogens with one attached hydrogen (secondary N) is 1. The lowest BCUT2D eigenvalue weighted by molar-refractivity contribution is 0.0983. The van der Waals surface area contributed by atoms with Gasteiger partial charge in [0.25, 0.3) is 5.56 Å². The molecular formula is C15H21N3O3S. The fourth-order valence-electron chi connectivity index (χ4n) is 2.36. The van der Waals surface area contributed by atoms with Crippen LogP contribution in [-0.2, 0) is 17.7 Å². The number of amides is 1. The van der Waals surface area contributed by atoms with Gasteiger partial charge in [-0.05, 0) is 12.8 Å². The molecule has 0 aliphatic carbocycles. The first-order valence-electron chi connectivity index (χ1n) is 7.60. The van der Waals surface area contributed by atoms with Crippen LogP contribution in [0.4, 0.5) is 4.79 Å². The lowest BCUT2D eigenvalue weighted by atomic mass is 10.1. The van der Waals surface area contributed by atoms with Crippen molar-refractivity contribution in [2.75, 3.05) is 13.2 Å². The van der Waals surface area contributed by atoms with Gasteiger partial charge in [0.15, 0.2) is 0 Å². The van der Waals surface area contributed by atoms with Crippen LogP contribution in [0.3, 0.4) is 0 Å². The van der Waals surface area contributed by atoms with E-state index in [1.165, 1.54) is 17.7 Å². The topological polar surface area (TPSA) is 75.3 Å². The van der Waals surface area contributed by atoms with Crippen LogP contribution in [0.2, 0.25) is 0 Å². The minimum absolute atomic E-state index is 0.142. The molecule has 3 heterocycles. The van der Waals surface area contributed by atoms with Crippen LogP contribution >= 0.6 is 11.3 Å². The third-order valence-electron chi connectivity index (χ3n) is 3.32.